The topological polar surface area (TPSA) is 91.7 Å². The van der Waals surface area contributed by atoms with E-state index in [0.717, 1.165) is 5.56 Å². The number of nitriles is 1. The predicted molar refractivity (Wildman–Crippen MR) is 111 cm³/mol. The first-order valence-corrected chi connectivity index (χ1v) is 9.90. The van der Waals surface area contributed by atoms with Crippen molar-refractivity contribution in [2.45, 2.75) is 18.9 Å². The van der Waals surface area contributed by atoms with E-state index in [4.69, 9.17) is 9.47 Å². The van der Waals surface area contributed by atoms with Crippen molar-refractivity contribution in [1.82, 2.24) is 10.2 Å². The predicted octanol–water partition coefficient (Wildman–Crippen LogP) is 2.61. The lowest BCUT2D eigenvalue weighted by atomic mass is 10.0. The van der Waals surface area contributed by atoms with Crippen molar-refractivity contribution in [3.8, 4) is 17.6 Å². The van der Waals surface area contributed by atoms with Gasteiger partial charge in [-0.2, -0.15) is 5.26 Å². The Kier molecular flexibility index (Phi) is 7.08. The van der Waals surface area contributed by atoms with Gasteiger partial charge < -0.3 is 19.7 Å². The molecule has 0 bridgehead atoms. The first-order valence-electron chi connectivity index (χ1n) is 9.90. The largest absolute Gasteiger partial charge is 0.493 e. The zero-order chi connectivity index (χ0) is 22.4. The number of halogens is 1. The fraction of sp³-hybridized carbons (Fsp3) is 0.348. The lowest BCUT2D eigenvalue weighted by Crippen LogP contribution is -2.35. The van der Waals surface area contributed by atoms with Crippen LogP contribution in [0.3, 0.4) is 0 Å². The summed E-state index contributed by atoms with van der Waals surface area (Å²) in [4.78, 5) is 26.6. The lowest BCUT2D eigenvalue weighted by Gasteiger charge is -2.18. The Morgan fingerprint density at radius 2 is 2.00 bits per heavy atom. The van der Waals surface area contributed by atoms with Gasteiger partial charge in [0.2, 0.25) is 11.8 Å². The van der Waals surface area contributed by atoms with Crippen molar-refractivity contribution < 1.29 is 23.5 Å². The minimum atomic E-state index is -1.11. The number of nitrogens with zero attached hydrogens (tertiary/aromatic N) is 2. The van der Waals surface area contributed by atoms with Crippen molar-refractivity contribution in [2.24, 2.45) is 5.92 Å². The molecular formula is C23H24FN3O4. The van der Waals surface area contributed by atoms with E-state index in [1.54, 1.807) is 31.3 Å². The fourth-order valence-electron chi connectivity index (χ4n) is 3.61. The van der Waals surface area contributed by atoms with Crippen molar-refractivity contribution in [3.05, 3.63) is 59.4 Å². The molecule has 1 aliphatic rings. The summed E-state index contributed by atoms with van der Waals surface area (Å²) in [6.45, 7) is 0.709. The standard InChI is InChI=1S/C23H24FN3O4/c1-30-20-8-7-15(11-21(20)31-2)9-10-27-14-16(12-22(27)28)23(29)26-19(13-25)17-5-3-4-6-18(17)24/h3-8,11,16,19H,9-10,12,14H2,1-2H3,(H,26,29). The van der Waals surface area contributed by atoms with E-state index < -0.39 is 23.7 Å². The molecule has 0 aliphatic carbocycles. The third kappa shape index (κ3) is 5.12. The monoisotopic (exact) mass is 425 g/mol. The summed E-state index contributed by atoms with van der Waals surface area (Å²) in [6, 6.07) is 12.2. The molecule has 0 radical (unpaired) electrons. The Bertz CT molecular complexity index is 1000. The second kappa shape index (κ2) is 9.94. The minimum Gasteiger partial charge on any atom is -0.493 e. The molecule has 2 amide bonds. The maximum absolute atomic E-state index is 14.0. The number of ether oxygens (including phenoxy) is 2. The molecule has 0 saturated carbocycles. The number of methoxy groups -OCH3 is 2. The van der Waals surface area contributed by atoms with Crippen LogP contribution in [-0.2, 0) is 16.0 Å². The second-order valence-corrected chi connectivity index (χ2v) is 7.27. The fourth-order valence-corrected chi connectivity index (χ4v) is 3.61. The first kappa shape index (κ1) is 22.1. The Morgan fingerprint density at radius 1 is 1.26 bits per heavy atom. The van der Waals surface area contributed by atoms with Gasteiger partial charge in [0.25, 0.3) is 0 Å². The average Bonchev–Trinajstić information content (AvgIpc) is 3.16. The SMILES string of the molecule is COc1ccc(CCN2CC(C(=O)NC(C#N)c3ccccc3F)CC2=O)cc1OC. The van der Waals surface area contributed by atoms with Crippen LogP contribution < -0.4 is 14.8 Å². The van der Waals surface area contributed by atoms with Gasteiger partial charge in [0.1, 0.15) is 11.9 Å². The van der Waals surface area contributed by atoms with Crippen molar-refractivity contribution >= 4 is 11.8 Å². The Hall–Kier alpha value is -3.60. The van der Waals surface area contributed by atoms with Gasteiger partial charge in [0.15, 0.2) is 11.5 Å². The van der Waals surface area contributed by atoms with E-state index in [-0.39, 0.29) is 24.4 Å². The number of benzene rings is 2. The lowest BCUT2D eigenvalue weighted by molar-refractivity contribution is -0.129. The second-order valence-electron chi connectivity index (χ2n) is 7.27. The van der Waals surface area contributed by atoms with Gasteiger partial charge >= 0.3 is 0 Å². The molecule has 1 fully saturated rings. The van der Waals surface area contributed by atoms with Gasteiger partial charge in [-0.15, -0.1) is 0 Å². The molecule has 162 valence electrons. The number of carbonyl (C=O) groups is 2. The van der Waals surface area contributed by atoms with Gasteiger partial charge in [0, 0.05) is 25.1 Å². The molecule has 1 heterocycles. The zero-order valence-corrected chi connectivity index (χ0v) is 17.4. The molecule has 0 spiro atoms. The molecule has 2 aromatic carbocycles. The van der Waals surface area contributed by atoms with Gasteiger partial charge in [-0.3, -0.25) is 9.59 Å². The van der Waals surface area contributed by atoms with Gasteiger partial charge in [-0.25, -0.2) is 4.39 Å². The molecule has 1 aliphatic heterocycles. The molecule has 31 heavy (non-hydrogen) atoms. The highest BCUT2D eigenvalue weighted by atomic mass is 19.1. The summed E-state index contributed by atoms with van der Waals surface area (Å²) in [7, 11) is 3.12. The number of likely N-dealkylation sites (tertiary alicyclic amines) is 1. The highest BCUT2D eigenvalue weighted by Gasteiger charge is 2.35. The maximum Gasteiger partial charge on any atom is 0.226 e. The Morgan fingerprint density at radius 3 is 2.68 bits per heavy atom. The van der Waals surface area contributed by atoms with Crippen LogP contribution in [0.1, 0.15) is 23.6 Å². The Labute approximate surface area is 180 Å². The van der Waals surface area contributed by atoms with Crippen LogP contribution in [0.4, 0.5) is 4.39 Å². The van der Waals surface area contributed by atoms with E-state index in [1.165, 1.54) is 18.2 Å². The smallest absolute Gasteiger partial charge is 0.226 e. The quantitative estimate of drug-likeness (QED) is 0.702. The van der Waals surface area contributed by atoms with Crippen LogP contribution in [0.15, 0.2) is 42.5 Å². The number of hydrogen-bond acceptors (Lipinski definition) is 5. The molecule has 2 unspecified atom stereocenters. The average molecular weight is 425 g/mol. The third-order valence-electron chi connectivity index (χ3n) is 5.34. The minimum absolute atomic E-state index is 0.0627. The number of hydrogen-bond donors (Lipinski definition) is 1. The first-order chi connectivity index (χ1) is 15.0. The normalized spacial score (nSPS) is 16.5. The number of nitrogens with one attached hydrogen (secondary N) is 1. The van der Waals surface area contributed by atoms with Crippen LogP contribution in [0.25, 0.3) is 0 Å². The third-order valence-corrected chi connectivity index (χ3v) is 5.34. The van der Waals surface area contributed by atoms with E-state index >= 15 is 0 Å². The highest BCUT2D eigenvalue weighted by molar-refractivity contribution is 5.89. The van der Waals surface area contributed by atoms with Crippen molar-refractivity contribution in [1.29, 1.82) is 5.26 Å². The van der Waals surface area contributed by atoms with E-state index in [1.807, 2.05) is 18.2 Å². The van der Waals surface area contributed by atoms with Gasteiger partial charge in [0.05, 0.1) is 26.2 Å². The van der Waals surface area contributed by atoms with Crippen LogP contribution in [-0.4, -0.2) is 44.0 Å². The molecule has 1 saturated heterocycles. The summed E-state index contributed by atoms with van der Waals surface area (Å²) in [6.07, 6.45) is 0.656. The molecule has 3 rings (SSSR count). The summed E-state index contributed by atoms with van der Waals surface area (Å²) < 4.78 is 24.5. The molecule has 2 aromatic rings. The summed E-state index contributed by atoms with van der Waals surface area (Å²) in [5.41, 5.74) is 1.08. The molecular weight excluding hydrogens is 401 g/mol. The maximum atomic E-state index is 14.0. The number of amides is 2. The van der Waals surface area contributed by atoms with E-state index in [2.05, 4.69) is 5.32 Å². The molecule has 2 atom stereocenters. The van der Waals surface area contributed by atoms with Crippen LogP contribution >= 0.6 is 0 Å². The highest BCUT2D eigenvalue weighted by Crippen LogP contribution is 2.28. The molecule has 0 aromatic heterocycles. The van der Waals surface area contributed by atoms with E-state index in [9.17, 15) is 19.2 Å². The summed E-state index contributed by atoms with van der Waals surface area (Å²) >= 11 is 0. The van der Waals surface area contributed by atoms with Crippen molar-refractivity contribution in [3.63, 3.8) is 0 Å². The summed E-state index contributed by atoms with van der Waals surface area (Å²) in [5.74, 6) is -0.464. The zero-order valence-electron chi connectivity index (χ0n) is 17.4. The molecule has 8 heteroatoms. The Balaban J connectivity index is 1.59. The molecule has 7 nitrogen and oxygen atoms in total. The number of carbonyl (C=O) groups excluding carboxylic acids is 2. The summed E-state index contributed by atoms with van der Waals surface area (Å²) in [5, 5.41) is 11.9. The molecule has 1 N–H and O–H groups in total. The van der Waals surface area contributed by atoms with Crippen LogP contribution in [0, 0.1) is 23.1 Å². The van der Waals surface area contributed by atoms with E-state index in [0.29, 0.717) is 24.5 Å². The van der Waals surface area contributed by atoms with Crippen molar-refractivity contribution in [2.75, 3.05) is 27.3 Å². The number of rotatable bonds is 8. The van der Waals surface area contributed by atoms with Crippen LogP contribution in [0.2, 0.25) is 0 Å². The van der Waals surface area contributed by atoms with Gasteiger partial charge in [-0.05, 0) is 30.2 Å². The van der Waals surface area contributed by atoms with Crippen LogP contribution in [0.5, 0.6) is 11.5 Å². The van der Waals surface area contributed by atoms with Gasteiger partial charge in [-0.1, -0.05) is 24.3 Å².